The maximum absolute atomic E-state index is 6.62. The molecule has 2 aliphatic heterocycles. The number of fused-ring (bicyclic) bond motifs is 11. The summed E-state index contributed by atoms with van der Waals surface area (Å²) in [7, 11) is 0. The predicted molar refractivity (Wildman–Crippen MR) is 238 cm³/mol. The Balaban J connectivity index is 1.26. The maximum Gasteiger partial charge on any atom is 0.333 e. The van der Waals surface area contributed by atoms with Crippen LogP contribution in [0.2, 0.25) is 0 Å². The molecular formula is C50H41BN2OS. The molecule has 0 radical (unpaired) electrons. The lowest BCUT2D eigenvalue weighted by Gasteiger charge is -2.46. The number of aryl methyl sites for hydroxylation is 2. The smallest absolute Gasteiger partial charge is 0.333 e. The Bertz CT molecular complexity index is 2920. The van der Waals surface area contributed by atoms with Crippen molar-refractivity contribution in [2.45, 2.75) is 52.4 Å². The third-order valence-electron chi connectivity index (χ3n) is 12.0. The van der Waals surface area contributed by atoms with Crippen LogP contribution in [0.25, 0.3) is 53.2 Å². The lowest BCUT2D eigenvalue weighted by Crippen LogP contribution is -2.61. The van der Waals surface area contributed by atoms with E-state index in [1.54, 1.807) is 0 Å². The molecule has 0 amide bonds. The summed E-state index contributed by atoms with van der Waals surface area (Å²) >= 11 is 1.91. The molecule has 3 nitrogen and oxygen atoms in total. The summed E-state index contributed by atoms with van der Waals surface area (Å²) in [5.74, 6) is 0. The van der Waals surface area contributed by atoms with Crippen LogP contribution in [0.1, 0.15) is 50.7 Å². The minimum absolute atomic E-state index is 0.0554. The van der Waals surface area contributed by atoms with Crippen molar-refractivity contribution in [1.82, 2.24) is 0 Å². The van der Waals surface area contributed by atoms with Crippen LogP contribution >= 0.6 is 11.3 Å². The number of anilines is 5. The number of nitrogens with zero attached hydrogens (tertiary/aromatic N) is 2. The molecule has 0 spiro atoms. The summed E-state index contributed by atoms with van der Waals surface area (Å²) < 4.78 is 9.25. The van der Waals surface area contributed by atoms with Crippen LogP contribution in [0, 0.1) is 0 Å². The van der Waals surface area contributed by atoms with E-state index in [0.29, 0.717) is 0 Å². The summed E-state index contributed by atoms with van der Waals surface area (Å²) in [6.07, 6.45) is 6.99. The van der Waals surface area contributed by atoms with E-state index < -0.39 is 0 Å². The molecule has 11 rings (SSSR count). The molecule has 0 saturated heterocycles. The molecular weight excluding hydrogens is 687 g/mol. The van der Waals surface area contributed by atoms with Crippen molar-refractivity contribution in [3.8, 4) is 11.1 Å². The van der Waals surface area contributed by atoms with Crippen LogP contribution < -0.4 is 20.6 Å². The summed E-state index contributed by atoms with van der Waals surface area (Å²) in [6.45, 7) is 4.48. The van der Waals surface area contributed by atoms with Crippen LogP contribution in [0.15, 0.2) is 144 Å². The maximum atomic E-state index is 6.62. The fraction of sp³-hybridized carbons (Fsp3) is 0.160. The number of thiophene rings is 1. The van der Waals surface area contributed by atoms with Gasteiger partial charge >= 0.3 is 6.85 Å². The van der Waals surface area contributed by atoms with Crippen molar-refractivity contribution < 1.29 is 4.42 Å². The van der Waals surface area contributed by atoms with Crippen molar-refractivity contribution in [2.24, 2.45) is 0 Å². The SMILES string of the molecule is CCCCc1ccc(N2B3c4ccccc4N(c4ccc(CCCC)cc4)c4c3c(cc3sc5ccccc5c43)-c3cc4c(cc32)oc2ccccc24)cc1. The van der Waals surface area contributed by atoms with E-state index in [-0.39, 0.29) is 6.85 Å². The van der Waals surface area contributed by atoms with Gasteiger partial charge in [-0.25, -0.2) is 0 Å². The molecule has 2 aromatic heterocycles. The van der Waals surface area contributed by atoms with Gasteiger partial charge in [-0.2, -0.15) is 0 Å². The average Bonchev–Trinajstić information content (AvgIpc) is 3.80. The van der Waals surface area contributed by atoms with Crippen molar-refractivity contribution in [1.29, 1.82) is 0 Å². The van der Waals surface area contributed by atoms with Crippen LogP contribution in [0.3, 0.4) is 0 Å². The van der Waals surface area contributed by atoms with E-state index in [1.807, 2.05) is 11.3 Å². The van der Waals surface area contributed by atoms with Gasteiger partial charge in [-0.05, 0) is 108 Å². The molecule has 2 aliphatic rings. The molecule has 9 aromatic rings. The highest BCUT2D eigenvalue weighted by molar-refractivity contribution is 7.26. The van der Waals surface area contributed by atoms with Gasteiger partial charge in [0.05, 0.1) is 5.69 Å². The first-order valence-corrected chi connectivity index (χ1v) is 20.8. The second-order valence-electron chi connectivity index (χ2n) is 15.3. The van der Waals surface area contributed by atoms with E-state index in [9.17, 15) is 0 Å². The predicted octanol–water partition coefficient (Wildman–Crippen LogP) is 13.3. The zero-order valence-electron chi connectivity index (χ0n) is 31.3. The number of hydrogen-bond donors (Lipinski definition) is 0. The largest absolute Gasteiger partial charge is 0.456 e. The molecule has 0 N–H and O–H groups in total. The molecule has 0 saturated carbocycles. The van der Waals surface area contributed by atoms with Gasteiger partial charge in [-0.1, -0.05) is 106 Å². The van der Waals surface area contributed by atoms with Gasteiger partial charge < -0.3 is 14.1 Å². The van der Waals surface area contributed by atoms with Crippen molar-refractivity contribution >= 4 is 99.7 Å². The fourth-order valence-corrected chi connectivity index (χ4v) is 10.5. The molecule has 5 heteroatoms. The van der Waals surface area contributed by atoms with E-state index >= 15 is 0 Å². The average molecular weight is 729 g/mol. The summed E-state index contributed by atoms with van der Waals surface area (Å²) in [5, 5.41) is 4.96. The number of rotatable bonds is 8. The number of para-hydroxylation sites is 2. The summed E-state index contributed by atoms with van der Waals surface area (Å²) in [4.78, 5) is 5.19. The van der Waals surface area contributed by atoms with Gasteiger partial charge in [0, 0.05) is 65.3 Å². The highest BCUT2D eigenvalue weighted by Crippen LogP contribution is 2.52. The van der Waals surface area contributed by atoms with Gasteiger partial charge in [-0.3, -0.25) is 0 Å². The van der Waals surface area contributed by atoms with Gasteiger partial charge in [0.25, 0.3) is 0 Å². The topological polar surface area (TPSA) is 19.6 Å². The van der Waals surface area contributed by atoms with Crippen molar-refractivity contribution in [3.05, 3.63) is 151 Å². The Morgan fingerprint density at radius 1 is 0.564 bits per heavy atom. The Labute approximate surface area is 326 Å². The molecule has 0 bridgehead atoms. The molecule has 55 heavy (non-hydrogen) atoms. The van der Waals surface area contributed by atoms with Gasteiger partial charge in [-0.15, -0.1) is 11.3 Å². The second-order valence-corrected chi connectivity index (χ2v) is 16.4. The normalized spacial score (nSPS) is 13.2. The van der Waals surface area contributed by atoms with E-state index in [2.05, 4.69) is 163 Å². The quantitative estimate of drug-likeness (QED) is 0.145. The third kappa shape index (κ3) is 5.02. The molecule has 4 heterocycles. The molecule has 0 unspecified atom stereocenters. The van der Waals surface area contributed by atoms with Crippen LogP contribution in [-0.4, -0.2) is 6.85 Å². The standard InChI is InChI=1S/C50H41BN2OS/c1-3-5-13-32-21-25-34(26-22-32)52-42-18-10-9-17-41(42)51-49-40(30-47-48(50(49)52)37-16-8-12-20-46(37)55-47)38-29-39-36-15-7-11-19-44(36)54-45(39)31-43(38)53(51)35-27-23-33(24-28-35)14-6-4-2/h7-12,15-31H,3-6,13-14H2,1-2H3. The summed E-state index contributed by atoms with van der Waals surface area (Å²) in [5.41, 5.74) is 15.9. The molecule has 0 fully saturated rings. The fourth-order valence-electron chi connectivity index (χ4n) is 9.35. The number of furan rings is 1. The minimum atomic E-state index is -0.0554. The Morgan fingerprint density at radius 3 is 2.00 bits per heavy atom. The van der Waals surface area contributed by atoms with Gasteiger partial charge in [0.15, 0.2) is 0 Å². The molecule has 0 aliphatic carbocycles. The van der Waals surface area contributed by atoms with Crippen molar-refractivity contribution in [2.75, 3.05) is 9.71 Å². The lowest BCUT2D eigenvalue weighted by atomic mass is 9.43. The first-order valence-electron chi connectivity index (χ1n) is 20.0. The molecule has 0 atom stereocenters. The third-order valence-corrected chi connectivity index (χ3v) is 13.1. The highest BCUT2D eigenvalue weighted by Gasteiger charge is 2.46. The molecule has 266 valence electrons. The highest BCUT2D eigenvalue weighted by atomic mass is 32.1. The first-order chi connectivity index (χ1) is 27.2. The number of hydrogen-bond acceptors (Lipinski definition) is 4. The summed E-state index contributed by atoms with van der Waals surface area (Å²) in [6, 6.07) is 52.6. The van der Waals surface area contributed by atoms with Gasteiger partial charge in [0.1, 0.15) is 11.2 Å². The van der Waals surface area contributed by atoms with Gasteiger partial charge in [0.2, 0.25) is 0 Å². The van der Waals surface area contributed by atoms with Crippen LogP contribution in [-0.2, 0) is 12.8 Å². The Morgan fingerprint density at radius 2 is 1.24 bits per heavy atom. The zero-order chi connectivity index (χ0) is 36.6. The van der Waals surface area contributed by atoms with Crippen LogP contribution in [0.4, 0.5) is 28.4 Å². The van der Waals surface area contributed by atoms with E-state index in [4.69, 9.17) is 4.42 Å². The number of benzene rings is 7. The Kier molecular flexibility index (Phi) is 7.67. The molecule has 7 aromatic carbocycles. The zero-order valence-corrected chi connectivity index (χ0v) is 32.1. The van der Waals surface area contributed by atoms with Crippen molar-refractivity contribution in [3.63, 3.8) is 0 Å². The monoisotopic (exact) mass is 728 g/mol. The van der Waals surface area contributed by atoms with Crippen LogP contribution in [0.5, 0.6) is 0 Å². The Hall–Kier alpha value is -5.78. The van der Waals surface area contributed by atoms with E-state index in [0.717, 1.165) is 34.8 Å². The first kappa shape index (κ1) is 32.6. The number of unbranched alkanes of at least 4 members (excludes halogenated alkanes) is 2. The lowest BCUT2D eigenvalue weighted by molar-refractivity contribution is 0.669. The van der Waals surface area contributed by atoms with E-state index in [1.165, 1.54) is 107 Å². The second kappa shape index (κ2) is 12.9. The minimum Gasteiger partial charge on any atom is -0.456 e.